The van der Waals surface area contributed by atoms with Gasteiger partial charge in [0.15, 0.2) is 0 Å². The third-order valence-electron chi connectivity index (χ3n) is 3.68. The molecular formula is C15H30N2O2. The fourth-order valence-electron chi connectivity index (χ4n) is 2.12. The number of carbonyl (C=O) groups is 1. The lowest BCUT2D eigenvalue weighted by molar-refractivity contribution is -0.126. The number of hydrogen-bond acceptors (Lipinski definition) is 3. The molecule has 4 heteroatoms. The van der Waals surface area contributed by atoms with Crippen LogP contribution in [-0.2, 0) is 9.53 Å². The van der Waals surface area contributed by atoms with E-state index in [0.29, 0.717) is 12.6 Å². The van der Waals surface area contributed by atoms with Gasteiger partial charge in [0.1, 0.15) is 5.54 Å². The number of primary amides is 1. The average molecular weight is 270 g/mol. The number of nitrogens with one attached hydrogen (secondary N) is 1. The molecule has 112 valence electrons. The van der Waals surface area contributed by atoms with Crippen molar-refractivity contribution in [1.29, 1.82) is 0 Å². The first-order chi connectivity index (χ1) is 9.08. The summed E-state index contributed by atoms with van der Waals surface area (Å²) >= 11 is 0. The van der Waals surface area contributed by atoms with E-state index in [1.165, 1.54) is 32.1 Å². The summed E-state index contributed by atoms with van der Waals surface area (Å²) in [7, 11) is 0. The quantitative estimate of drug-likeness (QED) is 0.535. The molecule has 1 aliphatic carbocycles. The normalized spacial score (nSPS) is 18.2. The molecule has 0 aromatic heterocycles. The van der Waals surface area contributed by atoms with Gasteiger partial charge in [0.2, 0.25) is 5.91 Å². The van der Waals surface area contributed by atoms with E-state index in [2.05, 4.69) is 12.2 Å². The summed E-state index contributed by atoms with van der Waals surface area (Å²) in [5, 5.41) is 3.29. The van der Waals surface area contributed by atoms with Crippen molar-refractivity contribution in [2.45, 2.75) is 76.8 Å². The van der Waals surface area contributed by atoms with Gasteiger partial charge in [-0.25, -0.2) is 0 Å². The van der Waals surface area contributed by atoms with Gasteiger partial charge >= 0.3 is 0 Å². The van der Waals surface area contributed by atoms with E-state index in [1.807, 2.05) is 6.92 Å². The number of ether oxygens (including phenoxy) is 1. The van der Waals surface area contributed by atoms with Crippen molar-refractivity contribution in [3.05, 3.63) is 0 Å². The second kappa shape index (κ2) is 8.54. The number of amides is 1. The molecule has 1 saturated carbocycles. The SMILES string of the molecule is CCCCCCCCOCC(C)(NC1CC1)C(N)=O. The lowest BCUT2D eigenvalue weighted by Gasteiger charge is -2.27. The summed E-state index contributed by atoms with van der Waals surface area (Å²) in [6.07, 6.45) is 9.77. The minimum Gasteiger partial charge on any atom is -0.379 e. The largest absolute Gasteiger partial charge is 0.379 e. The summed E-state index contributed by atoms with van der Waals surface area (Å²) in [5.41, 5.74) is 4.76. The summed E-state index contributed by atoms with van der Waals surface area (Å²) < 4.78 is 5.63. The van der Waals surface area contributed by atoms with Crippen LogP contribution in [0.3, 0.4) is 0 Å². The number of unbranched alkanes of at least 4 members (excludes halogenated alkanes) is 5. The van der Waals surface area contributed by atoms with E-state index < -0.39 is 5.54 Å². The van der Waals surface area contributed by atoms with Crippen molar-refractivity contribution in [3.63, 3.8) is 0 Å². The maximum atomic E-state index is 11.5. The summed E-state index contributed by atoms with van der Waals surface area (Å²) in [6, 6.07) is 0.454. The molecule has 0 heterocycles. The van der Waals surface area contributed by atoms with Gasteiger partial charge in [0, 0.05) is 12.6 Å². The molecule has 1 fully saturated rings. The maximum absolute atomic E-state index is 11.5. The van der Waals surface area contributed by atoms with Gasteiger partial charge in [-0.15, -0.1) is 0 Å². The van der Waals surface area contributed by atoms with E-state index in [0.717, 1.165) is 25.9 Å². The topological polar surface area (TPSA) is 64.3 Å². The summed E-state index contributed by atoms with van der Waals surface area (Å²) in [5.74, 6) is -0.317. The van der Waals surface area contributed by atoms with Crippen LogP contribution in [-0.4, -0.2) is 30.7 Å². The zero-order chi connectivity index (χ0) is 14.1. The highest BCUT2D eigenvalue weighted by Gasteiger charge is 2.37. The van der Waals surface area contributed by atoms with Crippen LogP contribution in [0.5, 0.6) is 0 Å². The number of nitrogens with two attached hydrogens (primary N) is 1. The Morgan fingerprint density at radius 2 is 1.89 bits per heavy atom. The van der Waals surface area contributed by atoms with Gasteiger partial charge in [-0.3, -0.25) is 10.1 Å². The summed E-state index contributed by atoms with van der Waals surface area (Å²) in [4.78, 5) is 11.5. The molecule has 1 atom stereocenters. The van der Waals surface area contributed by atoms with Crippen LogP contribution < -0.4 is 11.1 Å². The third-order valence-corrected chi connectivity index (χ3v) is 3.68. The lowest BCUT2D eigenvalue weighted by Crippen LogP contribution is -2.57. The van der Waals surface area contributed by atoms with Gasteiger partial charge in [0.25, 0.3) is 0 Å². The predicted octanol–water partition coefficient (Wildman–Crippen LogP) is 2.36. The molecule has 0 aliphatic heterocycles. The number of carbonyl (C=O) groups excluding carboxylic acids is 1. The lowest BCUT2D eigenvalue weighted by atomic mass is 10.0. The van der Waals surface area contributed by atoms with Crippen LogP contribution in [0.2, 0.25) is 0 Å². The predicted molar refractivity (Wildman–Crippen MR) is 78.0 cm³/mol. The van der Waals surface area contributed by atoms with Crippen LogP contribution in [0.15, 0.2) is 0 Å². The molecule has 4 nitrogen and oxygen atoms in total. The molecule has 1 unspecified atom stereocenters. The van der Waals surface area contributed by atoms with Crippen LogP contribution in [0.1, 0.15) is 65.2 Å². The van der Waals surface area contributed by atoms with E-state index in [4.69, 9.17) is 10.5 Å². The Kier molecular flexibility index (Phi) is 7.39. The Bertz CT molecular complexity index is 267. The number of hydrogen-bond donors (Lipinski definition) is 2. The number of rotatable bonds is 12. The molecule has 1 rings (SSSR count). The zero-order valence-electron chi connectivity index (χ0n) is 12.5. The highest BCUT2D eigenvalue weighted by molar-refractivity contribution is 5.84. The fraction of sp³-hybridized carbons (Fsp3) is 0.933. The van der Waals surface area contributed by atoms with Gasteiger partial charge in [-0.2, -0.15) is 0 Å². The monoisotopic (exact) mass is 270 g/mol. The van der Waals surface area contributed by atoms with E-state index in [-0.39, 0.29) is 5.91 Å². The van der Waals surface area contributed by atoms with Crippen molar-refractivity contribution in [2.75, 3.05) is 13.2 Å². The molecule has 0 spiro atoms. The molecule has 0 bridgehead atoms. The van der Waals surface area contributed by atoms with Crippen LogP contribution in [0.25, 0.3) is 0 Å². The molecule has 1 amide bonds. The highest BCUT2D eigenvalue weighted by atomic mass is 16.5. The molecule has 0 aromatic carbocycles. The molecule has 0 saturated heterocycles. The Balaban J connectivity index is 2.06. The molecule has 19 heavy (non-hydrogen) atoms. The smallest absolute Gasteiger partial charge is 0.239 e. The van der Waals surface area contributed by atoms with Crippen molar-refractivity contribution in [3.8, 4) is 0 Å². The van der Waals surface area contributed by atoms with Gasteiger partial charge in [-0.1, -0.05) is 39.0 Å². The Labute approximate surface area is 117 Å². The zero-order valence-corrected chi connectivity index (χ0v) is 12.5. The first kappa shape index (κ1) is 16.4. The van der Waals surface area contributed by atoms with Crippen molar-refractivity contribution in [1.82, 2.24) is 5.32 Å². The van der Waals surface area contributed by atoms with E-state index in [1.54, 1.807) is 0 Å². The molecule has 0 aromatic rings. The summed E-state index contributed by atoms with van der Waals surface area (Å²) in [6.45, 7) is 5.17. The second-order valence-electron chi connectivity index (χ2n) is 5.94. The average Bonchev–Trinajstić information content (AvgIpc) is 3.16. The molecule has 3 N–H and O–H groups in total. The fourth-order valence-corrected chi connectivity index (χ4v) is 2.12. The van der Waals surface area contributed by atoms with Crippen LogP contribution >= 0.6 is 0 Å². The first-order valence-corrected chi connectivity index (χ1v) is 7.74. The van der Waals surface area contributed by atoms with Gasteiger partial charge < -0.3 is 10.5 Å². The van der Waals surface area contributed by atoms with Gasteiger partial charge in [-0.05, 0) is 26.2 Å². The van der Waals surface area contributed by atoms with Crippen LogP contribution in [0, 0.1) is 0 Å². The van der Waals surface area contributed by atoms with Crippen LogP contribution in [0.4, 0.5) is 0 Å². The third kappa shape index (κ3) is 6.92. The Hall–Kier alpha value is -0.610. The minimum atomic E-state index is -0.705. The van der Waals surface area contributed by atoms with E-state index >= 15 is 0 Å². The highest BCUT2D eigenvalue weighted by Crippen LogP contribution is 2.22. The van der Waals surface area contributed by atoms with E-state index in [9.17, 15) is 4.79 Å². The Morgan fingerprint density at radius 3 is 2.47 bits per heavy atom. The molecule has 1 aliphatic rings. The minimum absolute atomic E-state index is 0.317. The maximum Gasteiger partial charge on any atom is 0.239 e. The molecule has 0 radical (unpaired) electrons. The standard InChI is InChI=1S/C15H30N2O2/c1-3-4-5-6-7-8-11-19-12-15(2,14(16)18)17-13-9-10-13/h13,17H,3-12H2,1-2H3,(H2,16,18). The molecular weight excluding hydrogens is 240 g/mol. The second-order valence-corrected chi connectivity index (χ2v) is 5.94. The van der Waals surface area contributed by atoms with Gasteiger partial charge in [0.05, 0.1) is 6.61 Å². The van der Waals surface area contributed by atoms with Crippen molar-refractivity contribution in [2.24, 2.45) is 5.73 Å². The Morgan fingerprint density at radius 1 is 1.26 bits per heavy atom. The van der Waals surface area contributed by atoms with Crippen molar-refractivity contribution < 1.29 is 9.53 Å². The van der Waals surface area contributed by atoms with Crippen molar-refractivity contribution >= 4 is 5.91 Å². The first-order valence-electron chi connectivity index (χ1n) is 7.74.